The summed E-state index contributed by atoms with van der Waals surface area (Å²) in [7, 11) is 0. The Morgan fingerprint density at radius 1 is 1.30 bits per heavy atom. The Balaban J connectivity index is 2.81. The molecule has 0 aromatic rings. The average molecular weight is 139 g/mol. The van der Waals surface area contributed by atoms with Gasteiger partial charge < -0.3 is 0 Å². The van der Waals surface area contributed by atoms with Gasteiger partial charge in [-0.25, -0.2) is 9.69 Å². The van der Waals surface area contributed by atoms with Gasteiger partial charge in [0.15, 0.2) is 0 Å². The lowest BCUT2D eigenvalue weighted by Gasteiger charge is -2.01. The lowest BCUT2D eigenvalue weighted by molar-refractivity contribution is -0.135. The number of carbonyl (C=O) groups excluding carboxylic acids is 3. The first kappa shape index (κ1) is 6.71. The van der Waals surface area contributed by atoms with Crippen LogP contribution in [-0.2, 0) is 14.4 Å². The molecule has 1 heterocycles. The first-order valence-electron chi connectivity index (χ1n) is 2.81. The Hall–Kier alpha value is -1.41. The van der Waals surface area contributed by atoms with Crippen LogP contribution in [0.5, 0.6) is 0 Å². The maximum atomic E-state index is 10.7. The van der Waals surface area contributed by atoms with E-state index in [1.165, 1.54) is 5.94 Å². The van der Waals surface area contributed by atoms with E-state index in [2.05, 4.69) is 0 Å². The van der Waals surface area contributed by atoms with E-state index in [9.17, 15) is 14.4 Å². The minimum atomic E-state index is -0.326. The highest BCUT2D eigenvalue weighted by Gasteiger charge is 2.26. The normalized spacial score (nSPS) is 17.4. The minimum Gasteiger partial charge on any atom is -0.274 e. The maximum absolute atomic E-state index is 10.7. The van der Waals surface area contributed by atoms with Gasteiger partial charge in [0.2, 0.25) is 11.8 Å². The second kappa shape index (κ2) is 2.45. The molecule has 0 atom stereocenters. The van der Waals surface area contributed by atoms with E-state index >= 15 is 0 Å². The molecule has 0 aliphatic carbocycles. The van der Waals surface area contributed by atoms with Crippen LogP contribution in [0, 0.1) is 0 Å². The molecule has 1 fully saturated rings. The Kier molecular flexibility index (Phi) is 1.65. The quantitative estimate of drug-likeness (QED) is 0.363. The van der Waals surface area contributed by atoms with E-state index in [4.69, 9.17) is 0 Å². The fourth-order valence-electron chi connectivity index (χ4n) is 0.791. The van der Waals surface area contributed by atoms with Crippen molar-refractivity contribution in [3.63, 3.8) is 0 Å². The largest absolute Gasteiger partial charge is 0.274 e. The summed E-state index contributed by atoms with van der Waals surface area (Å²) in [5, 5.41) is 0. The highest BCUT2D eigenvalue weighted by Crippen LogP contribution is 2.10. The van der Waals surface area contributed by atoms with E-state index in [1.54, 1.807) is 0 Å². The van der Waals surface area contributed by atoms with E-state index in [-0.39, 0.29) is 24.7 Å². The van der Waals surface area contributed by atoms with Gasteiger partial charge in [-0.1, -0.05) is 0 Å². The van der Waals surface area contributed by atoms with Gasteiger partial charge in [0.25, 0.3) is 0 Å². The number of carbonyl (C=O) groups is 2. The van der Waals surface area contributed by atoms with Crippen LogP contribution in [0.3, 0.4) is 0 Å². The van der Waals surface area contributed by atoms with Gasteiger partial charge in [-0.15, -0.1) is 0 Å². The van der Waals surface area contributed by atoms with Crippen LogP contribution in [0.1, 0.15) is 12.8 Å². The summed E-state index contributed by atoms with van der Waals surface area (Å²) in [4.78, 5) is 31.9. The zero-order chi connectivity index (χ0) is 7.56. The van der Waals surface area contributed by atoms with E-state index < -0.39 is 0 Å². The second-order valence-electron chi connectivity index (χ2n) is 1.90. The third-order valence-electron chi connectivity index (χ3n) is 1.27. The van der Waals surface area contributed by atoms with Gasteiger partial charge in [0.05, 0.1) is 6.20 Å². The molecule has 2 amide bonds. The third-order valence-corrected chi connectivity index (χ3v) is 1.27. The Labute approximate surface area is 57.1 Å². The molecule has 0 radical (unpaired) electrons. The predicted octanol–water partition coefficient (Wildman–Crippen LogP) is -0.519. The Morgan fingerprint density at radius 2 is 1.80 bits per heavy atom. The van der Waals surface area contributed by atoms with Crippen LogP contribution in [0.4, 0.5) is 0 Å². The van der Waals surface area contributed by atoms with Crippen LogP contribution < -0.4 is 0 Å². The lowest BCUT2D eigenvalue weighted by atomic mass is 10.4. The minimum absolute atomic E-state index is 0.205. The van der Waals surface area contributed by atoms with Gasteiger partial charge >= 0.3 is 0 Å². The van der Waals surface area contributed by atoms with Gasteiger partial charge in [-0.05, 0) is 0 Å². The van der Waals surface area contributed by atoms with Crippen LogP contribution in [0.2, 0.25) is 0 Å². The second-order valence-corrected chi connectivity index (χ2v) is 1.90. The molecule has 0 bridgehead atoms. The highest BCUT2D eigenvalue weighted by molar-refractivity contribution is 6.03. The molecule has 0 aromatic heterocycles. The van der Waals surface area contributed by atoms with Crippen LogP contribution >= 0.6 is 0 Å². The number of hydrogen-bond acceptors (Lipinski definition) is 3. The summed E-state index contributed by atoms with van der Waals surface area (Å²) in [6.07, 6.45) is 1.24. The molecule has 52 valence electrons. The van der Waals surface area contributed by atoms with Gasteiger partial charge in [-0.3, -0.25) is 9.59 Å². The van der Waals surface area contributed by atoms with E-state index in [1.807, 2.05) is 0 Å². The molecule has 0 N–H and O–H groups in total. The SMILES string of the molecule is O=C=CN1C(=O)CCC1=O. The number of likely N-dealkylation sites (tertiary alicyclic amines) is 1. The number of imide groups is 1. The predicted molar refractivity (Wildman–Crippen MR) is 31.4 cm³/mol. The topological polar surface area (TPSA) is 54.5 Å². The van der Waals surface area contributed by atoms with Crippen LogP contribution in [-0.4, -0.2) is 22.7 Å². The summed E-state index contributed by atoms with van der Waals surface area (Å²) in [5.41, 5.74) is 0. The first-order chi connectivity index (χ1) is 4.75. The Morgan fingerprint density at radius 3 is 2.20 bits per heavy atom. The smallest absolute Gasteiger partial charge is 0.234 e. The van der Waals surface area contributed by atoms with Crippen molar-refractivity contribution in [1.29, 1.82) is 0 Å². The van der Waals surface area contributed by atoms with Crippen molar-refractivity contribution in [2.24, 2.45) is 0 Å². The summed E-state index contributed by atoms with van der Waals surface area (Å²) >= 11 is 0. The maximum Gasteiger partial charge on any atom is 0.234 e. The first-order valence-corrected chi connectivity index (χ1v) is 2.81. The lowest BCUT2D eigenvalue weighted by Crippen LogP contribution is -2.22. The van der Waals surface area contributed by atoms with Crippen LogP contribution in [0.15, 0.2) is 6.20 Å². The van der Waals surface area contributed by atoms with E-state index in [0.717, 1.165) is 11.1 Å². The molecule has 1 rings (SSSR count). The zero-order valence-electron chi connectivity index (χ0n) is 5.16. The monoisotopic (exact) mass is 139 g/mol. The van der Waals surface area contributed by atoms with Crippen molar-refractivity contribution in [3.8, 4) is 0 Å². The molecular formula is C6H5NO3. The zero-order valence-corrected chi connectivity index (χ0v) is 5.16. The van der Waals surface area contributed by atoms with Crippen molar-refractivity contribution >= 4 is 17.8 Å². The highest BCUT2D eigenvalue weighted by atomic mass is 16.2. The van der Waals surface area contributed by atoms with Crippen molar-refractivity contribution in [1.82, 2.24) is 4.90 Å². The summed E-state index contributed by atoms with van der Waals surface area (Å²) in [6.45, 7) is 0. The third kappa shape index (κ3) is 0.967. The molecule has 1 aliphatic rings. The molecular weight excluding hydrogens is 134 g/mol. The van der Waals surface area contributed by atoms with Gasteiger partial charge in [0, 0.05) is 12.8 Å². The van der Waals surface area contributed by atoms with Gasteiger partial charge in [0.1, 0.15) is 5.94 Å². The number of amides is 2. The van der Waals surface area contributed by atoms with Gasteiger partial charge in [-0.2, -0.15) is 0 Å². The fourth-order valence-corrected chi connectivity index (χ4v) is 0.791. The molecule has 0 saturated carbocycles. The molecule has 0 unspecified atom stereocenters. The standard InChI is InChI=1S/C6H5NO3/c8-4-3-7-5(9)1-2-6(7)10/h3H,1-2H2. The molecule has 0 aromatic carbocycles. The van der Waals surface area contributed by atoms with Crippen molar-refractivity contribution in [2.45, 2.75) is 12.8 Å². The average Bonchev–Trinajstić information content (AvgIpc) is 2.20. The summed E-state index contributed by atoms with van der Waals surface area (Å²) < 4.78 is 0. The molecule has 1 saturated heterocycles. The van der Waals surface area contributed by atoms with Crippen LogP contribution in [0.25, 0.3) is 0 Å². The summed E-state index contributed by atoms with van der Waals surface area (Å²) in [5.74, 6) is 0.729. The molecule has 0 spiro atoms. The Bertz CT molecular complexity index is 211. The summed E-state index contributed by atoms with van der Waals surface area (Å²) in [6, 6.07) is 0. The number of hydrogen-bond donors (Lipinski definition) is 0. The number of rotatable bonds is 1. The molecule has 1 aliphatic heterocycles. The molecule has 4 heteroatoms. The number of nitrogens with zero attached hydrogens (tertiary/aromatic N) is 1. The van der Waals surface area contributed by atoms with Crippen molar-refractivity contribution in [2.75, 3.05) is 0 Å². The van der Waals surface area contributed by atoms with Crippen molar-refractivity contribution in [3.05, 3.63) is 6.20 Å². The molecule has 4 nitrogen and oxygen atoms in total. The molecule has 10 heavy (non-hydrogen) atoms. The van der Waals surface area contributed by atoms with E-state index in [0.29, 0.717) is 0 Å². The fraction of sp³-hybridized carbons (Fsp3) is 0.333. The van der Waals surface area contributed by atoms with Crippen molar-refractivity contribution < 1.29 is 14.4 Å².